The molecule has 2 N–H and O–H groups in total. The van der Waals surface area contributed by atoms with Crippen LogP contribution in [0, 0.1) is 5.41 Å². The summed E-state index contributed by atoms with van der Waals surface area (Å²) < 4.78 is 6.14. The van der Waals surface area contributed by atoms with Crippen molar-refractivity contribution >= 4 is 46.7 Å². The maximum atomic E-state index is 14.1. The van der Waals surface area contributed by atoms with Crippen LogP contribution in [0.5, 0.6) is 0 Å². The molecule has 3 atom stereocenters. The first-order valence-corrected chi connectivity index (χ1v) is 13.7. The Bertz CT molecular complexity index is 1280. The summed E-state index contributed by atoms with van der Waals surface area (Å²) in [5.41, 5.74) is 1.16. The molecular formula is C29H33Cl2N3O5. The summed E-state index contributed by atoms with van der Waals surface area (Å²) in [6, 6.07) is 11.6. The molecule has 0 saturated carbocycles. The summed E-state index contributed by atoms with van der Waals surface area (Å²) in [6.45, 7) is 8.80. The molecule has 2 heterocycles. The van der Waals surface area contributed by atoms with E-state index in [2.05, 4.69) is 26.1 Å². The first-order valence-electron chi connectivity index (χ1n) is 12.9. The number of carbonyl (C=O) groups excluding carboxylic acids is 2. The fraction of sp³-hybridized carbons (Fsp3) is 0.448. The van der Waals surface area contributed by atoms with E-state index < -0.39 is 11.6 Å². The molecule has 2 amide bonds. The highest BCUT2D eigenvalue weighted by atomic mass is 35.5. The molecule has 0 radical (unpaired) electrons. The highest BCUT2D eigenvalue weighted by molar-refractivity contribution is 6.47. The number of hydrogen-bond donors (Lipinski definition) is 2. The molecule has 2 aromatic carbocycles. The Morgan fingerprint density at radius 3 is 2.41 bits per heavy atom. The van der Waals surface area contributed by atoms with Gasteiger partial charge in [-0.1, -0.05) is 56.1 Å². The Morgan fingerprint density at radius 1 is 1.18 bits per heavy atom. The minimum atomic E-state index is -0.980. The van der Waals surface area contributed by atoms with E-state index in [0.29, 0.717) is 46.3 Å². The molecule has 10 heteroatoms. The van der Waals surface area contributed by atoms with Crippen LogP contribution < -0.4 is 5.32 Å². The van der Waals surface area contributed by atoms with Gasteiger partial charge in [0.1, 0.15) is 11.4 Å². The van der Waals surface area contributed by atoms with E-state index in [1.165, 1.54) is 0 Å². The van der Waals surface area contributed by atoms with Gasteiger partial charge in [0.2, 0.25) is 0 Å². The Kier molecular flexibility index (Phi) is 8.40. The molecule has 0 aliphatic carbocycles. The molecule has 1 spiro atoms. The van der Waals surface area contributed by atoms with Crippen LogP contribution in [-0.2, 0) is 14.3 Å². The second kappa shape index (κ2) is 11.3. The van der Waals surface area contributed by atoms with Crippen molar-refractivity contribution in [1.29, 1.82) is 0 Å². The Labute approximate surface area is 238 Å². The fourth-order valence-corrected chi connectivity index (χ4v) is 5.70. The minimum Gasteiger partial charge on any atom is -0.481 e. The molecule has 4 rings (SSSR count). The highest BCUT2D eigenvalue weighted by Crippen LogP contribution is 2.46. The molecule has 0 aromatic heterocycles. The number of benzene rings is 2. The number of carbonyl (C=O) groups is 3. The van der Waals surface area contributed by atoms with E-state index in [-0.39, 0.29) is 42.3 Å². The molecule has 2 unspecified atom stereocenters. The average Bonchev–Trinajstić information content (AvgIpc) is 3.13. The van der Waals surface area contributed by atoms with Crippen LogP contribution in [0.25, 0.3) is 0 Å². The number of nitrogens with zero attached hydrogens (tertiary/aromatic N) is 2. The summed E-state index contributed by atoms with van der Waals surface area (Å²) >= 11 is 12.5. The number of carboxylic acids is 1. The van der Waals surface area contributed by atoms with Gasteiger partial charge in [-0.05, 0) is 48.2 Å². The van der Waals surface area contributed by atoms with E-state index in [4.69, 9.17) is 38.0 Å². The summed E-state index contributed by atoms with van der Waals surface area (Å²) in [6.07, 6.45) is 0.808. The van der Waals surface area contributed by atoms with Crippen LogP contribution in [0.3, 0.4) is 0 Å². The molecule has 2 aromatic rings. The summed E-state index contributed by atoms with van der Waals surface area (Å²) in [7, 11) is 0. The van der Waals surface area contributed by atoms with Crippen molar-refractivity contribution in [3.05, 3.63) is 69.2 Å². The average molecular weight is 575 g/mol. The number of halogens is 2. The fourth-order valence-electron chi connectivity index (χ4n) is 5.17. The number of aliphatic carboxylic acids is 1. The third-order valence-corrected chi connectivity index (χ3v) is 7.73. The number of amides is 2. The predicted molar refractivity (Wildman–Crippen MR) is 150 cm³/mol. The number of aliphatic imine (C=N–C) groups is 1. The number of ether oxygens (including phenoxy) is 1. The third kappa shape index (κ3) is 6.29. The van der Waals surface area contributed by atoms with Crippen LogP contribution in [0.1, 0.15) is 74.5 Å². The monoisotopic (exact) mass is 573 g/mol. The standard InChI is InChI=1S/C29H33Cl2N3O5/c1-17(18-5-7-19(8-6-18)26(37)32-11-9-24(35)36)34-27(38)25(20-13-21(30)15-22(31)14-20)33-29(34)10-12-39-23(16-29)28(2,3)4/h5-8,13-15,17,23H,9-12,16H2,1-4H3,(H,32,37)(H,35,36)/t17-,23?,29?/m1/s1. The maximum Gasteiger partial charge on any atom is 0.305 e. The van der Waals surface area contributed by atoms with Crippen LogP contribution in [0.2, 0.25) is 10.0 Å². The topological polar surface area (TPSA) is 108 Å². The van der Waals surface area contributed by atoms with Gasteiger partial charge in [0.25, 0.3) is 11.8 Å². The van der Waals surface area contributed by atoms with E-state index in [1.807, 2.05) is 24.0 Å². The first kappa shape index (κ1) is 29.1. The summed E-state index contributed by atoms with van der Waals surface area (Å²) in [5.74, 6) is -1.55. The molecular weight excluding hydrogens is 541 g/mol. The zero-order chi connectivity index (χ0) is 28.5. The van der Waals surface area contributed by atoms with Crippen molar-refractivity contribution in [1.82, 2.24) is 10.2 Å². The number of hydrogen-bond acceptors (Lipinski definition) is 5. The van der Waals surface area contributed by atoms with Crippen molar-refractivity contribution in [2.45, 2.75) is 64.8 Å². The predicted octanol–water partition coefficient (Wildman–Crippen LogP) is 5.51. The van der Waals surface area contributed by atoms with Crippen LogP contribution >= 0.6 is 23.2 Å². The third-order valence-electron chi connectivity index (χ3n) is 7.29. The van der Waals surface area contributed by atoms with Gasteiger partial charge < -0.3 is 20.1 Å². The second-order valence-corrected chi connectivity index (χ2v) is 12.0. The summed E-state index contributed by atoms with van der Waals surface area (Å²) in [4.78, 5) is 44.1. The van der Waals surface area contributed by atoms with E-state index >= 15 is 0 Å². The molecule has 2 aliphatic rings. The zero-order valence-corrected chi connectivity index (χ0v) is 24.0. The van der Waals surface area contributed by atoms with Crippen molar-refractivity contribution in [2.75, 3.05) is 13.2 Å². The Balaban J connectivity index is 1.67. The van der Waals surface area contributed by atoms with Crippen LogP contribution in [-0.4, -0.2) is 58.4 Å². The normalized spacial score (nSPS) is 22.1. The number of carboxylic acid groups (broad SMARTS) is 1. The molecule has 39 heavy (non-hydrogen) atoms. The SMILES string of the molecule is C[C@H](c1ccc(C(=O)NCCC(=O)O)cc1)N1C(=O)C(c2cc(Cl)cc(Cl)c2)=NC12CCOC(C(C)(C)C)C2. The smallest absolute Gasteiger partial charge is 0.305 e. The van der Waals surface area contributed by atoms with E-state index in [0.717, 1.165) is 5.56 Å². The highest BCUT2D eigenvalue weighted by Gasteiger charge is 2.53. The molecule has 8 nitrogen and oxygen atoms in total. The van der Waals surface area contributed by atoms with E-state index in [9.17, 15) is 14.4 Å². The zero-order valence-electron chi connectivity index (χ0n) is 22.5. The lowest BCUT2D eigenvalue weighted by Crippen LogP contribution is -2.55. The largest absolute Gasteiger partial charge is 0.481 e. The quantitative estimate of drug-likeness (QED) is 0.454. The van der Waals surface area contributed by atoms with Crippen molar-refractivity contribution in [3.8, 4) is 0 Å². The van der Waals surface area contributed by atoms with Crippen molar-refractivity contribution in [2.24, 2.45) is 10.4 Å². The summed E-state index contributed by atoms with van der Waals surface area (Å²) in [5, 5.41) is 12.2. The van der Waals surface area contributed by atoms with Crippen LogP contribution in [0.15, 0.2) is 47.5 Å². The van der Waals surface area contributed by atoms with Gasteiger partial charge in [-0.25, -0.2) is 0 Å². The minimum absolute atomic E-state index is 0.0434. The lowest BCUT2D eigenvalue weighted by atomic mass is 9.80. The number of nitrogens with one attached hydrogen (secondary N) is 1. The van der Waals surface area contributed by atoms with E-state index in [1.54, 1.807) is 30.3 Å². The second-order valence-electron chi connectivity index (χ2n) is 11.2. The Morgan fingerprint density at radius 2 is 1.82 bits per heavy atom. The Hall–Kier alpha value is -2.94. The molecule has 2 aliphatic heterocycles. The van der Waals surface area contributed by atoms with Gasteiger partial charge in [-0.2, -0.15) is 0 Å². The van der Waals surface area contributed by atoms with Gasteiger partial charge in [-0.15, -0.1) is 0 Å². The number of rotatable bonds is 7. The van der Waals surface area contributed by atoms with Gasteiger partial charge >= 0.3 is 5.97 Å². The molecule has 208 valence electrons. The van der Waals surface area contributed by atoms with Crippen molar-refractivity contribution < 1.29 is 24.2 Å². The lowest BCUT2D eigenvalue weighted by molar-refractivity contribution is -0.144. The molecule has 0 bridgehead atoms. The van der Waals surface area contributed by atoms with Crippen LogP contribution in [0.4, 0.5) is 0 Å². The lowest BCUT2D eigenvalue weighted by Gasteiger charge is -2.47. The first-order chi connectivity index (χ1) is 18.3. The van der Waals surface area contributed by atoms with Gasteiger partial charge in [-0.3, -0.25) is 19.4 Å². The molecule has 1 fully saturated rings. The maximum absolute atomic E-state index is 14.1. The van der Waals surface area contributed by atoms with Gasteiger partial charge in [0.15, 0.2) is 0 Å². The van der Waals surface area contributed by atoms with Crippen molar-refractivity contribution in [3.63, 3.8) is 0 Å². The van der Waals surface area contributed by atoms with Gasteiger partial charge in [0, 0.05) is 40.6 Å². The van der Waals surface area contributed by atoms with Gasteiger partial charge in [0.05, 0.1) is 25.2 Å². The molecule has 1 saturated heterocycles.